The summed E-state index contributed by atoms with van der Waals surface area (Å²) in [6.07, 6.45) is 0. The fraction of sp³-hybridized carbons (Fsp3) is 0.0833. The molecule has 0 saturated carbocycles. The monoisotopic (exact) mass is 384 g/mol. The van der Waals surface area contributed by atoms with Crippen LogP contribution in [-0.4, -0.2) is 9.55 Å². The van der Waals surface area contributed by atoms with E-state index >= 15 is 0 Å². The Kier molecular flexibility index (Phi) is 5.69. The van der Waals surface area contributed by atoms with E-state index in [0.29, 0.717) is 12.2 Å². The van der Waals surface area contributed by atoms with Crippen LogP contribution in [0.2, 0.25) is 0 Å². The van der Waals surface area contributed by atoms with Gasteiger partial charge in [-0.3, -0.25) is 9.36 Å². The first-order valence-electron chi connectivity index (χ1n) is 9.17. The predicted molar refractivity (Wildman–Crippen MR) is 115 cm³/mol. The zero-order chi connectivity index (χ0) is 19.2. The highest BCUT2D eigenvalue weighted by atomic mass is 32.2. The van der Waals surface area contributed by atoms with Gasteiger partial charge in [0.05, 0.1) is 12.2 Å². The van der Waals surface area contributed by atoms with Crippen LogP contribution in [-0.2, 0) is 12.3 Å². The SMILES string of the molecule is O=c1cc(-c2ccccc2)nc(SCc2ccccc2)n1Cc1ccccc1. The van der Waals surface area contributed by atoms with Crippen LogP contribution in [0, 0.1) is 0 Å². The van der Waals surface area contributed by atoms with Gasteiger partial charge in [-0.25, -0.2) is 4.98 Å². The van der Waals surface area contributed by atoms with Crippen molar-refractivity contribution >= 4 is 11.8 Å². The van der Waals surface area contributed by atoms with Crippen LogP contribution in [0.25, 0.3) is 11.3 Å². The smallest absolute Gasteiger partial charge is 0.255 e. The highest BCUT2D eigenvalue weighted by Crippen LogP contribution is 2.24. The Balaban J connectivity index is 1.72. The Hall–Kier alpha value is -3.11. The predicted octanol–water partition coefficient (Wildman–Crippen LogP) is 5.25. The van der Waals surface area contributed by atoms with Crippen LogP contribution in [0.1, 0.15) is 11.1 Å². The molecule has 1 aromatic heterocycles. The van der Waals surface area contributed by atoms with Gasteiger partial charge in [0, 0.05) is 17.4 Å². The molecule has 0 radical (unpaired) electrons. The zero-order valence-electron chi connectivity index (χ0n) is 15.4. The van der Waals surface area contributed by atoms with Crippen molar-refractivity contribution in [1.29, 1.82) is 0 Å². The Bertz CT molecular complexity index is 1090. The van der Waals surface area contributed by atoms with Crippen molar-refractivity contribution in [2.75, 3.05) is 0 Å². The molecular formula is C24H20N2OS. The van der Waals surface area contributed by atoms with Gasteiger partial charge in [0.1, 0.15) is 0 Å². The van der Waals surface area contributed by atoms with Gasteiger partial charge < -0.3 is 0 Å². The lowest BCUT2D eigenvalue weighted by Gasteiger charge is -2.13. The van der Waals surface area contributed by atoms with Gasteiger partial charge in [-0.05, 0) is 11.1 Å². The van der Waals surface area contributed by atoms with E-state index in [2.05, 4.69) is 12.1 Å². The van der Waals surface area contributed by atoms with E-state index in [0.717, 1.165) is 22.0 Å². The number of aromatic nitrogens is 2. The lowest BCUT2D eigenvalue weighted by atomic mass is 10.1. The summed E-state index contributed by atoms with van der Waals surface area (Å²) in [7, 11) is 0. The van der Waals surface area contributed by atoms with Crippen LogP contribution in [0.15, 0.2) is 107 Å². The molecule has 138 valence electrons. The van der Waals surface area contributed by atoms with E-state index < -0.39 is 0 Å². The summed E-state index contributed by atoms with van der Waals surface area (Å²) >= 11 is 1.59. The van der Waals surface area contributed by atoms with E-state index in [1.54, 1.807) is 22.4 Å². The quantitative estimate of drug-likeness (QED) is 0.336. The summed E-state index contributed by atoms with van der Waals surface area (Å²) in [4.78, 5) is 17.8. The topological polar surface area (TPSA) is 34.9 Å². The van der Waals surface area contributed by atoms with Gasteiger partial charge in [0.15, 0.2) is 5.16 Å². The van der Waals surface area contributed by atoms with Crippen molar-refractivity contribution in [3.8, 4) is 11.3 Å². The molecule has 4 heteroatoms. The summed E-state index contributed by atoms with van der Waals surface area (Å²) in [5.74, 6) is 0.764. The fourth-order valence-electron chi connectivity index (χ4n) is 2.99. The largest absolute Gasteiger partial charge is 0.283 e. The Morgan fingerprint density at radius 2 is 1.32 bits per heavy atom. The van der Waals surface area contributed by atoms with E-state index in [9.17, 15) is 4.79 Å². The molecule has 3 nitrogen and oxygen atoms in total. The zero-order valence-corrected chi connectivity index (χ0v) is 16.2. The molecule has 0 amide bonds. The number of nitrogens with zero attached hydrogens (tertiary/aromatic N) is 2. The number of hydrogen-bond acceptors (Lipinski definition) is 3. The van der Waals surface area contributed by atoms with Gasteiger partial charge in [0.2, 0.25) is 0 Å². The molecule has 0 fully saturated rings. The number of benzene rings is 3. The maximum atomic E-state index is 13.0. The van der Waals surface area contributed by atoms with Gasteiger partial charge in [-0.2, -0.15) is 0 Å². The van der Waals surface area contributed by atoms with Crippen LogP contribution < -0.4 is 5.56 Å². The number of hydrogen-bond donors (Lipinski definition) is 0. The van der Waals surface area contributed by atoms with Crippen LogP contribution in [0.3, 0.4) is 0 Å². The molecule has 0 bridgehead atoms. The summed E-state index contributed by atoms with van der Waals surface area (Å²) in [6, 6.07) is 31.7. The van der Waals surface area contributed by atoms with Crippen LogP contribution in [0.4, 0.5) is 0 Å². The highest BCUT2D eigenvalue weighted by Gasteiger charge is 2.12. The maximum Gasteiger partial charge on any atom is 0.255 e. The molecule has 0 aliphatic heterocycles. The molecule has 4 rings (SSSR count). The fourth-order valence-corrected chi connectivity index (χ4v) is 3.95. The van der Waals surface area contributed by atoms with Crippen molar-refractivity contribution in [2.45, 2.75) is 17.5 Å². The summed E-state index contributed by atoms with van der Waals surface area (Å²) in [6.45, 7) is 0.513. The van der Waals surface area contributed by atoms with E-state index in [1.165, 1.54) is 5.56 Å². The number of thioether (sulfide) groups is 1. The van der Waals surface area contributed by atoms with Crippen molar-refractivity contribution in [3.05, 3.63) is 119 Å². The second-order valence-corrected chi connectivity index (χ2v) is 7.42. The van der Waals surface area contributed by atoms with E-state index in [1.807, 2.05) is 78.9 Å². The summed E-state index contributed by atoms with van der Waals surface area (Å²) < 4.78 is 1.76. The lowest BCUT2D eigenvalue weighted by molar-refractivity contribution is 0.647. The molecule has 28 heavy (non-hydrogen) atoms. The second kappa shape index (κ2) is 8.72. The molecule has 4 aromatic rings. The molecule has 0 aliphatic rings. The first-order valence-corrected chi connectivity index (χ1v) is 10.2. The lowest BCUT2D eigenvalue weighted by Crippen LogP contribution is -2.23. The Labute approximate surface area is 168 Å². The molecule has 0 aliphatic carbocycles. The van der Waals surface area contributed by atoms with Crippen molar-refractivity contribution in [1.82, 2.24) is 9.55 Å². The standard InChI is InChI=1S/C24H20N2OS/c27-23-16-22(21-14-8-3-9-15-21)25-24(28-18-20-12-6-2-7-13-20)26(23)17-19-10-4-1-5-11-19/h1-16H,17-18H2. The molecule has 0 atom stereocenters. The third-order valence-electron chi connectivity index (χ3n) is 4.44. The third-order valence-corrected chi connectivity index (χ3v) is 5.48. The summed E-state index contributed by atoms with van der Waals surface area (Å²) in [5, 5.41) is 0.735. The average Bonchev–Trinajstić information content (AvgIpc) is 2.76. The van der Waals surface area contributed by atoms with Gasteiger partial charge >= 0.3 is 0 Å². The third kappa shape index (κ3) is 4.41. The molecule has 3 aromatic carbocycles. The first-order chi connectivity index (χ1) is 13.8. The van der Waals surface area contributed by atoms with Gasteiger partial charge in [-0.1, -0.05) is 103 Å². The van der Waals surface area contributed by atoms with Crippen LogP contribution in [0.5, 0.6) is 0 Å². The maximum absolute atomic E-state index is 13.0. The van der Waals surface area contributed by atoms with Gasteiger partial charge in [-0.15, -0.1) is 0 Å². The Morgan fingerprint density at radius 1 is 0.750 bits per heavy atom. The van der Waals surface area contributed by atoms with Crippen molar-refractivity contribution in [3.63, 3.8) is 0 Å². The minimum absolute atomic E-state index is 0.0340. The highest BCUT2D eigenvalue weighted by molar-refractivity contribution is 7.98. The second-order valence-electron chi connectivity index (χ2n) is 6.47. The normalized spacial score (nSPS) is 10.7. The van der Waals surface area contributed by atoms with Crippen molar-refractivity contribution < 1.29 is 0 Å². The van der Waals surface area contributed by atoms with E-state index in [-0.39, 0.29) is 5.56 Å². The molecule has 0 saturated heterocycles. The van der Waals surface area contributed by atoms with Gasteiger partial charge in [0.25, 0.3) is 5.56 Å². The van der Waals surface area contributed by atoms with Crippen LogP contribution >= 0.6 is 11.8 Å². The molecule has 1 heterocycles. The van der Waals surface area contributed by atoms with Crippen molar-refractivity contribution in [2.24, 2.45) is 0 Å². The minimum Gasteiger partial charge on any atom is -0.283 e. The van der Waals surface area contributed by atoms with E-state index in [4.69, 9.17) is 4.98 Å². The molecular weight excluding hydrogens is 364 g/mol. The molecule has 0 N–H and O–H groups in total. The molecule has 0 spiro atoms. The number of rotatable bonds is 6. The minimum atomic E-state index is -0.0340. The summed E-state index contributed by atoms with van der Waals surface area (Å²) in [5.41, 5.74) is 3.92. The average molecular weight is 385 g/mol. The molecule has 0 unspecified atom stereocenters. The first kappa shape index (κ1) is 18.3. The Morgan fingerprint density at radius 3 is 1.96 bits per heavy atom.